The molecule has 58 valence electrons. The van der Waals surface area contributed by atoms with Gasteiger partial charge >= 0.3 is 0 Å². The molecule has 2 atom stereocenters. The lowest BCUT2D eigenvalue weighted by atomic mass is 9.73. The Morgan fingerprint density at radius 1 is 1.10 bits per heavy atom. The van der Waals surface area contributed by atoms with E-state index in [-0.39, 0.29) is 0 Å². The monoisotopic (exact) mass is 138 g/mol. The Morgan fingerprint density at radius 3 is 2.30 bits per heavy atom. The van der Waals surface area contributed by atoms with E-state index in [0.29, 0.717) is 0 Å². The lowest BCUT2D eigenvalue weighted by molar-refractivity contribution is 0.182. The molecule has 0 heteroatoms. The van der Waals surface area contributed by atoms with Crippen molar-refractivity contribution in [1.29, 1.82) is 0 Å². The molecule has 10 heavy (non-hydrogen) atoms. The lowest BCUT2D eigenvalue weighted by Gasteiger charge is -2.32. The first-order chi connectivity index (χ1) is 4.73. The summed E-state index contributed by atoms with van der Waals surface area (Å²) in [5.41, 5.74) is 0.859. The van der Waals surface area contributed by atoms with Crippen molar-refractivity contribution in [2.75, 3.05) is 0 Å². The summed E-state index contributed by atoms with van der Waals surface area (Å²) in [6.45, 7) is 4.88. The summed E-state index contributed by atoms with van der Waals surface area (Å²) in [6.07, 6.45) is 7.61. The van der Waals surface area contributed by atoms with E-state index in [0.717, 1.165) is 17.3 Å². The molecular weight excluding hydrogens is 120 g/mol. The molecule has 0 bridgehead atoms. The molecule has 2 rings (SSSR count). The van der Waals surface area contributed by atoms with Gasteiger partial charge in [-0.05, 0) is 42.9 Å². The largest absolute Gasteiger partial charge is 0.0625 e. The van der Waals surface area contributed by atoms with Crippen LogP contribution < -0.4 is 0 Å². The topological polar surface area (TPSA) is 0 Å². The second kappa shape index (κ2) is 1.99. The van der Waals surface area contributed by atoms with E-state index in [1.165, 1.54) is 19.3 Å². The zero-order valence-electron chi connectivity index (χ0n) is 7.19. The first-order valence-corrected chi connectivity index (χ1v) is 4.73. The predicted molar refractivity (Wildman–Crippen MR) is 43.8 cm³/mol. The molecule has 0 radical (unpaired) electrons. The van der Waals surface area contributed by atoms with Gasteiger partial charge in [0.2, 0.25) is 0 Å². The fourth-order valence-corrected chi connectivity index (χ4v) is 2.70. The first kappa shape index (κ1) is 6.69. The Kier molecular flexibility index (Phi) is 1.33. The fourth-order valence-electron chi connectivity index (χ4n) is 2.70. The summed E-state index contributed by atoms with van der Waals surface area (Å²) < 4.78 is 0. The van der Waals surface area contributed by atoms with E-state index in [1.54, 1.807) is 12.8 Å². The van der Waals surface area contributed by atoms with Gasteiger partial charge in [0.1, 0.15) is 0 Å². The van der Waals surface area contributed by atoms with Crippen LogP contribution in [0.25, 0.3) is 0 Å². The Labute approximate surface area is 64.0 Å². The summed E-state index contributed by atoms with van der Waals surface area (Å²) >= 11 is 0. The van der Waals surface area contributed by atoms with Gasteiger partial charge in [0.25, 0.3) is 0 Å². The Balaban J connectivity index is 2.03. The van der Waals surface area contributed by atoms with Gasteiger partial charge in [0.15, 0.2) is 0 Å². The van der Waals surface area contributed by atoms with Crippen LogP contribution in [0.5, 0.6) is 0 Å². The maximum absolute atomic E-state index is 2.46. The van der Waals surface area contributed by atoms with Gasteiger partial charge in [-0.2, -0.15) is 0 Å². The van der Waals surface area contributed by atoms with Crippen LogP contribution in [0.15, 0.2) is 0 Å². The molecule has 0 N–H and O–H groups in total. The zero-order chi connectivity index (χ0) is 7.19. The second-order valence-corrected chi connectivity index (χ2v) is 4.65. The third-order valence-electron chi connectivity index (χ3n) is 3.79. The summed E-state index contributed by atoms with van der Waals surface area (Å²) in [6, 6.07) is 0. The summed E-state index contributed by atoms with van der Waals surface area (Å²) in [4.78, 5) is 0. The van der Waals surface area contributed by atoms with Gasteiger partial charge in [-0.25, -0.2) is 0 Å². The normalized spacial score (nSPS) is 43.8. The molecular formula is C10H18. The molecule has 2 fully saturated rings. The third kappa shape index (κ3) is 0.889. The van der Waals surface area contributed by atoms with E-state index >= 15 is 0 Å². The van der Waals surface area contributed by atoms with Crippen LogP contribution >= 0.6 is 0 Å². The molecule has 2 saturated carbocycles. The van der Waals surface area contributed by atoms with Crippen LogP contribution in [0.4, 0.5) is 0 Å². The highest BCUT2D eigenvalue weighted by molar-refractivity contribution is 5.00. The quantitative estimate of drug-likeness (QED) is 0.482. The van der Waals surface area contributed by atoms with Crippen molar-refractivity contribution in [3.8, 4) is 0 Å². The van der Waals surface area contributed by atoms with Crippen LogP contribution in [0.2, 0.25) is 0 Å². The molecule has 0 aromatic carbocycles. The molecule has 2 aliphatic rings. The van der Waals surface area contributed by atoms with Gasteiger partial charge in [0.05, 0.1) is 0 Å². The highest BCUT2D eigenvalue weighted by atomic mass is 14.5. The molecule has 0 aromatic heterocycles. The van der Waals surface area contributed by atoms with E-state index in [2.05, 4.69) is 13.8 Å². The minimum Gasteiger partial charge on any atom is -0.0625 e. The summed E-state index contributed by atoms with van der Waals surface area (Å²) in [7, 11) is 0. The van der Waals surface area contributed by atoms with Gasteiger partial charge in [-0.1, -0.05) is 20.3 Å². The van der Waals surface area contributed by atoms with Crippen molar-refractivity contribution < 1.29 is 0 Å². The molecule has 0 saturated heterocycles. The summed E-state index contributed by atoms with van der Waals surface area (Å²) in [5.74, 6) is 2.07. The molecule has 0 heterocycles. The number of hydrogen-bond donors (Lipinski definition) is 0. The highest BCUT2D eigenvalue weighted by Gasteiger charge is 2.49. The van der Waals surface area contributed by atoms with Crippen molar-refractivity contribution >= 4 is 0 Å². The van der Waals surface area contributed by atoms with Crippen LogP contribution in [0, 0.1) is 17.3 Å². The molecule has 0 aromatic rings. The average Bonchev–Trinajstić information content (AvgIpc) is 2.62. The Hall–Kier alpha value is 0. The van der Waals surface area contributed by atoms with Crippen molar-refractivity contribution in [3.05, 3.63) is 0 Å². The van der Waals surface area contributed by atoms with Crippen molar-refractivity contribution in [2.24, 2.45) is 17.3 Å². The van der Waals surface area contributed by atoms with E-state index in [9.17, 15) is 0 Å². The van der Waals surface area contributed by atoms with Crippen molar-refractivity contribution in [1.82, 2.24) is 0 Å². The molecule has 0 unspecified atom stereocenters. The van der Waals surface area contributed by atoms with Crippen molar-refractivity contribution in [2.45, 2.75) is 46.0 Å². The van der Waals surface area contributed by atoms with Crippen LogP contribution in [-0.4, -0.2) is 0 Å². The number of hydrogen-bond acceptors (Lipinski definition) is 0. The maximum atomic E-state index is 2.46. The minimum atomic E-state index is 0.859. The molecule has 0 aliphatic heterocycles. The maximum Gasteiger partial charge on any atom is -0.0269 e. The fraction of sp³-hybridized carbons (Fsp3) is 1.00. The lowest BCUT2D eigenvalue weighted by Crippen LogP contribution is -2.22. The average molecular weight is 138 g/mol. The predicted octanol–water partition coefficient (Wildman–Crippen LogP) is 3.22. The van der Waals surface area contributed by atoms with Crippen LogP contribution in [0.1, 0.15) is 46.0 Å². The molecule has 0 nitrogen and oxygen atoms in total. The van der Waals surface area contributed by atoms with Gasteiger partial charge in [-0.15, -0.1) is 0 Å². The highest BCUT2D eigenvalue weighted by Crippen LogP contribution is 2.60. The SMILES string of the molecule is C[C@@H]1CC[C@@H](C)C2(CC2)C1. The minimum absolute atomic E-state index is 0.859. The third-order valence-corrected chi connectivity index (χ3v) is 3.79. The second-order valence-electron chi connectivity index (χ2n) is 4.65. The van der Waals surface area contributed by atoms with Gasteiger partial charge < -0.3 is 0 Å². The summed E-state index contributed by atoms with van der Waals surface area (Å²) in [5, 5.41) is 0. The van der Waals surface area contributed by atoms with Crippen LogP contribution in [-0.2, 0) is 0 Å². The van der Waals surface area contributed by atoms with E-state index in [1.807, 2.05) is 0 Å². The van der Waals surface area contributed by atoms with Crippen molar-refractivity contribution in [3.63, 3.8) is 0 Å². The van der Waals surface area contributed by atoms with Gasteiger partial charge in [0, 0.05) is 0 Å². The molecule has 1 spiro atoms. The van der Waals surface area contributed by atoms with E-state index < -0.39 is 0 Å². The standard InChI is InChI=1S/C10H18/c1-8-3-4-9(2)10(7-8)5-6-10/h8-9H,3-7H2,1-2H3/t8-,9-/m1/s1. The smallest absolute Gasteiger partial charge is 0.0269 e. The number of rotatable bonds is 0. The van der Waals surface area contributed by atoms with Gasteiger partial charge in [-0.3, -0.25) is 0 Å². The zero-order valence-corrected chi connectivity index (χ0v) is 7.19. The molecule has 0 amide bonds. The first-order valence-electron chi connectivity index (χ1n) is 4.73. The Bertz CT molecular complexity index is 133. The van der Waals surface area contributed by atoms with Crippen LogP contribution in [0.3, 0.4) is 0 Å². The van der Waals surface area contributed by atoms with E-state index in [4.69, 9.17) is 0 Å². The molecule has 2 aliphatic carbocycles. The Morgan fingerprint density at radius 2 is 1.80 bits per heavy atom.